The van der Waals surface area contributed by atoms with Crippen LogP contribution in [-0.4, -0.2) is 27.3 Å². The maximum absolute atomic E-state index is 11.4. The molecule has 1 aromatic rings. The SMILES string of the molecule is CCCn1cc(C(=O)OCC)c([N+](=O)[O-])n1. The minimum atomic E-state index is -0.712. The predicted molar refractivity (Wildman–Crippen MR) is 55.1 cm³/mol. The summed E-state index contributed by atoms with van der Waals surface area (Å²) in [6.07, 6.45) is 2.13. The number of carbonyl (C=O) groups excluding carboxylic acids is 1. The second-order valence-corrected chi connectivity index (χ2v) is 3.11. The van der Waals surface area contributed by atoms with Crippen LogP contribution in [0.25, 0.3) is 0 Å². The van der Waals surface area contributed by atoms with E-state index in [1.165, 1.54) is 10.9 Å². The number of rotatable bonds is 5. The molecule has 16 heavy (non-hydrogen) atoms. The lowest BCUT2D eigenvalue weighted by atomic mass is 10.3. The molecule has 0 spiro atoms. The first-order valence-corrected chi connectivity index (χ1v) is 4.99. The van der Waals surface area contributed by atoms with E-state index in [4.69, 9.17) is 4.74 Å². The maximum atomic E-state index is 11.4. The van der Waals surface area contributed by atoms with E-state index in [9.17, 15) is 14.9 Å². The van der Waals surface area contributed by atoms with Crippen molar-refractivity contribution >= 4 is 11.8 Å². The first kappa shape index (κ1) is 12.2. The minimum Gasteiger partial charge on any atom is -0.462 e. The number of hydrogen-bond donors (Lipinski definition) is 0. The number of carbonyl (C=O) groups is 1. The summed E-state index contributed by atoms with van der Waals surface area (Å²) in [5.74, 6) is -1.16. The van der Waals surface area contributed by atoms with Gasteiger partial charge >= 0.3 is 11.8 Å². The molecule has 1 rings (SSSR count). The highest BCUT2D eigenvalue weighted by Crippen LogP contribution is 2.17. The van der Waals surface area contributed by atoms with E-state index in [0.717, 1.165) is 6.42 Å². The van der Waals surface area contributed by atoms with Gasteiger partial charge in [-0.2, -0.15) is 4.68 Å². The fourth-order valence-corrected chi connectivity index (χ4v) is 1.24. The Labute approximate surface area is 92.2 Å². The van der Waals surface area contributed by atoms with Crippen LogP contribution in [0.4, 0.5) is 5.82 Å². The Balaban J connectivity index is 3.04. The van der Waals surface area contributed by atoms with Crippen LogP contribution < -0.4 is 0 Å². The molecule has 7 nitrogen and oxygen atoms in total. The zero-order chi connectivity index (χ0) is 12.1. The van der Waals surface area contributed by atoms with Gasteiger partial charge in [0.05, 0.1) is 24.4 Å². The Morgan fingerprint density at radius 3 is 2.81 bits per heavy atom. The molecule has 0 aromatic carbocycles. The quantitative estimate of drug-likeness (QED) is 0.430. The van der Waals surface area contributed by atoms with E-state index in [1.54, 1.807) is 6.92 Å². The van der Waals surface area contributed by atoms with E-state index in [0.29, 0.717) is 6.54 Å². The summed E-state index contributed by atoms with van der Waals surface area (Å²) in [4.78, 5) is 21.4. The molecule has 0 bridgehead atoms. The molecule has 0 saturated heterocycles. The van der Waals surface area contributed by atoms with Gasteiger partial charge in [-0.25, -0.2) is 4.79 Å². The average molecular weight is 227 g/mol. The van der Waals surface area contributed by atoms with Gasteiger partial charge in [-0.1, -0.05) is 6.92 Å². The van der Waals surface area contributed by atoms with Crippen LogP contribution >= 0.6 is 0 Å². The molecule has 0 amide bonds. The van der Waals surface area contributed by atoms with Crippen molar-refractivity contribution in [3.8, 4) is 0 Å². The van der Waals surface area contributed by atoms with Gasteiger partial charge in [0, 0.05) is 0 Å². The molecular weight excluding hydrogens is 214 g/mol. The second kappa shape index (κ2) is 5.24. The van der Waals surface area contributed by atoms with Gasteiger partial charge in [0.2, 0.25) is 0 Å². The van der Waals surface area contributed by atoms with Crippen molar-refractivity contribution in [3.05, 3.63) is 21.9 Å². The van der Waals surface area contributed by atoms with Crippen LogP contribution in [0.1, 0.15) is 30.6 Å². The minimum absolute atomic E-state index is 0.0969. The van der Waals surface area contributed by atoms with Crippen molar-refractivity contribution in [2.45, 2.75) is 26.8 Å². The van der Waals surface area contributed by atoms with Crippen molar-refractivity contribution in [1.82, 2.24) is 9.78 Å². The van der Waals surface area contributed by atoms with Crippen molar-refractivity contribution in [3.63, 3.8) is 0 Å². The molecule has 88 valence electrons. The summed E-state index contributed by atoms with van der Waals surface area (Å²) in [6.45, 7) is 4.26. The number of aryl methyl sites for hydroxylation is 1. The topological polar surface area (TPSA) is 87.3 Å². The Morgan fingerprint density at radius 1 is 1.62 bits per heavy atom. The van der Waals surface area contributed by atoms with Gasteiger partial charge in [-0.15, -0.1) is 0 Å². The third kappa shape index (κ3) is 2.56. The zero-order valence-corrected chi connectivity index (χ0v) is 9.17. The lowest BCUT2D eigenvalue weighted by molar-refractivity contribution is -0.390. The number of hydrogen-bond acceptors (Lipinski definition) is 5. The smallest absolute Gasteiger partial charge is 0.404 e. The van der Waals surface area contributed by atoms with Crippen LogP contribution in [0, 0.1) is 10.1 Å². The van der Waals surface area contributed by atoms with E-state index in [2.05, 4.69) is 5.10 Å². The molecule has 0 saturated carbocycles. The summed E-state index contributed by atoms with van der Waals surface area (Å²) >= 11 is 0. The van der Waals surface area contributed by atoms with Crippen LogP contribution in [-0.2, 0) is 11.3 Å². The molecule has 1 heterocycles. The van der Waals surface area contributed by atoms with E-state index in [-0.39, 0.29) is 12.2 Å². The monoisotopic (exact) mass is 227 g/mol. The normalized spacial score (nSPS) is 10.1. The second-order valence-electron chi connectivity index (χ2n) is 3.11. The van der Waals surface area contributed by atoms with Crippen LogP contribution in [0.5, 0.6) is 0 Å². The number of aromatic nitrogens is 2. The summed E-state index contributed by atoms with van der Waals surface area (Å²) < 4.78 is 6.09. The van der Waals surface area contributed by atoms with E-state index < -0.39 is 16.7 Å². The summed E-state index contributed by atoms with van der Waals surface area (Å²) in [5, 5.41) is 14.4. The Morgan fingerprint density at radius 2 is 2.31 bits per heavy atom. The van der Waals surface area contributed by atoms with Gasteiger partial charge in [0.15, 0.2) is 5.56 Å². The molecule has 0 fully saturated rings. The largest absolute Gasteiger partial charge is 0.462 e. The highest BCUT2D eigenvalue weighted by Gasteiger charge is 2.27. The summed E-state index contributed by atoms with van der Waals surface area (Å²) in [5.41, 5.74) is -0.0969. The first-order valence-electron chi connectivity index (χ1n) is 4.99. The highest BCUT2D eigenvalue weighted by atomic mass is 16.6. The molecule has 0 N–H and O–H groups in total. The third-order valence-electron chi connectivity index (χ3n) is 1.86. The Hall–Kier alpha value is -1.92. The van der Waals surface area contributed by atoms with Crippen molar-refractivity contribution < 1.29 is 14.5 Å². The highest BCUT2D eigenvalue weighted by molar-refractivity contribution is 5.92. The maximum Gasteiger partial charge on any atom is 0.404 e. The fourth-order valence-electron chi connectivity index (χ4n) is 1.24. The van der Waals surface area contributed by atoms with Crippen LogP contribution in [0.15, 0.2) is 6.20 Å². The van der Waals surface area contributed by atoms with Gasteiger partial charge in [0.1, 0.15) is 0 Å². The molecule has 0 unspecified atom stereocenters. The molecule has 0 aliphatic carbocycles. The van der Waals surface area contributed by atoms with E-state index in [1.807, 2.05) is 6.92 Å². The average Bonchev–Trinajstić information content (AvgIpc) is 2.63. The molecule has 0 aliphatic rings. The summed E-state index contributed by atoms with van der Waals surface area (Å²) in [7, 11) is 0. The van der Waals surface area contributed by atoms with Gasteiger partial charge in [-0.3, -0.25) is 0 Å². The third-order valence-corrected chi connectivity index (χ3v) is 1.86. The zero-order valence-electron chi connectivity index (χ0n) is 9.17. The van der Waals surface area contributed by atoms with Gasteiger partial charge in [-0.05, 0) is 18.3 Å². The fraction of sp³-hybridized carbons (Fsp3) is 0.556. The number of esters is 1. The molecule has 1 aromatic heterocycles. The number of nitro groups is 1. The summed E-state index contributed by atoms with van der Waals surface area (Å²) in [6, 6.07) is 0. The Bertz CT molecular complexity index is 399. The first-order chi connectivity index (χ1) is 7.60. The number of ether oxygens (including phenoxy) is 1. The molecule has 0 radical (unpaired) electrons. The van der Waals surface area contributed by atoms with Crippen LogP contribution in [0.3, 0.4) is 0 Å². The lowest BCUT2D eigenvalue weighted by Gasteiger charge is -1.97. The Kier molecular flexibility index (Phi) is 3.98. The standard InChI is InChI=1S/C9H13N3O4/c1-3-5-11-6-7(9(13)16-4-2)8(10-11)12(14)15/h6H,3-5H2,1-2H3. The van der Waals surface area contributed by atoms with E-state index >= 15 is 0 Å². The lowest BCUT2D eigenvalue weighted by Crippen LogP contribution is -2.06. The van der Waals surface area contributed by atoms with Crippen molar-refractivity contribution in [2.75, 3.05) is 6.61 Å². The van der Waals surface area contributed by atoms with Gasteiger partial charge < -0.3 is 14.9 Å². The van der Waals surface area contributed by atoms with Crippen LogP contribution in [0.2, 0.25) is 0 Å². The van der Waals surface area contributed by atoms with Gasteiger partial charge in [0.25, 0.3) is 0 Å². The molecule has 0 atom stereocenters. The molecule has 7 heteroatoms. The molecular formula is C9H13N3O4. The number of nitrogens with zero attached hydrogens (tertiary/aromatic N) is 3. The van der Waals surface area contributed by atoms with Crippen molar-refractivity contribution in [2.24, 2.45) is 0 Å². The van der Waals surface area contributed by atoms with Crippen molar-refractivity contribution in [1.29, 1.82) is 0 Å². The predicted octanol–water partition coefficient (Wildman–Crippen LogP) is 1.38. The molecule has 0 aliphatic heterocycles.